The smallest absolute Gasteiger partial charge is 0.331 e. The zero-order valence-electron chi connectivity index (χ0n) is 21.5. The van der Waals surface area contributed by atoms with E-state index >= 15 is 0 Å². The molecule has 2 aromatic rings. The second kappa shape index (κ2) is 15.5. The summed E-state index contributed by atoms with van der Waals surface area (Å²) in [5.74, 6) is -1.39. The number of carbonyl (C=O) groups is 2. The van der Waals surface area contributed by atoms with Gasteiger partial charge in [0, 0.05) is 47.4 Å². The van der Waals surface area contributed by atoms with Gasteiger partial charge in [-0.05, 0) is 40.5 Å². The van der Waals surface area contributed by atoms with Gasteiger partial charge in [-0.3, -0.25) is 10.6 Å². The summed E-state index contributed by atoms with van der Waals surface area (Å²) in [6.07, 6.45) is 4.56. The van der Waals surface area contributed by atoms with Crippen LogP contribution in [0.1, 0.15) is 54.4 Å². The van der Waals surface area contributed by atoms with Crippen molar-refractivity contribution in [2.24, 2.45) is 0 Å². The first kappa shape index (κ1) is 29.7. The molecule has 0 saturated carbocycles. The lowest BCUT2D eigenvalue weighted by Gasteiger charge is -2.27. The molecule has 2 rings (SSSR count). The van der Waals surface area contributed by atoms with E-state index in [1.807, 2.05) is 27.7 Å². The molecule has 0 aliphatic carbocycles. The van der Waals surface area contributed by atoms with E-state index in [0.717, 1.165) is 25.0 Å². The number of hydrogen-bond acceptors (Lipinski definition) is 12. The largest absolute Gasteiger partial charge is 0.454 e. The van der Waals surface area contributed by atoms with Crippen molar-refractivity contribution >= 4 is 34.6 Å². The molecule has 0 saturated heterocycles. The zero-order valence-corrected chi connectivity index (χ0v) is 23.1. The van der Waals surface area contributed by atoms with Gasteiger partial charge in [0.1, 0.15) is 12.2 Å². The molecule has 36 heavy (non-hydrogen) atoms. The van der Waals surface area contributed by atoms with Crippen LogP contribution in [-0.2, 0) is 19.1 Å². The van der Waals surface area contributed by atoms with Crippen molar-refractivity contribution in [1.29, 1.82) is 0 Å². The third kappa shape index (κ3) is 10.6. The van der Waals surface area contributed by atoms with Gasteiger partial charge in [0.2, 0.25) is 0 Å². The molecule has 2 aromatic heterocycles. The molecule has 6 unspecified atom stereocenters. The van der Waals surface area contributed by atoms with Gasteiger partial charge >= 0.3 is 11.9 Å². The number of rotatable bonds is 16. The van der Waals surface area contributed by atoms with Gasteiger partial charge in [-0.1, -0.05) is 36.5 Å². The Morgan fingerprint density at radius 3 is 1.50 bits per heavy atom. The lowest BCUT2D eigenvalue weighted by Crippen LogP contribution is -2.48. The van der Waals surface area contributed by atoms with Crippen LogP contribution in [0.4, 0.5) is 0 Å². The number of ether oxygens (including phenoxy) is 4. The maximum absolute atomic E-state index is 12.4. The summed E-state index contributed by atoms with van der Waals surface area (Å²) in [6, 6.07) is 0.262. The normalized spacial score (nSPS) is 16.5. The van der Waals surface area contributed by atoms with Gasteiger partial charge in [-0.25, -0.2) is 19.6 Å². The summed E-state index contributed by atoms with van der Waals surface area (Å²) < 4.78 is 22.6. The van der Waals surface area contributed by atoms with Gasteiger partial charge in [-0.2, -0.15) is 0 Å². The van der Waals surface area contributed by atoms with Crippen molar-refractivity contribution < 1.29 is 28.5 Å². The molecule has 0 radical (unpaired) electrons. The highest BCUT2D eigenvalue weighted by atomic mass is 32.1. The summed E-state index contributed by atoms with van der Waals surface area (Å²) in [7, 11) is 0. The summed E-state index contributed by atoms with van der Waals surface area (Å²) >= 11 is 2.68. The van der Waals surface area contributed by atoms with Gasteiger partial charge in [0.25, 0.3) is 10.4 Å². The molecule has 0 bridgehead atoms. The number of thiazole rings is 2. The van der Waals surface area contributed by atoms with Crippen molar-refractivity contribution in [2.45, 2.75) is 91.1 Å². The average molecular weight is 541 g/mol. The van der Waals surface area contributed by atoms with E-state index in [1.165, 1.54) is 22.7 Å². The highest BCUT2D eigenvalue weighted by molar-refractivity contribution is 7.11. The molecule has 0 aromatic carbocycles. The first-order chi connectivity index (χ1) is 17.2. The average Bonchev–Trinajstić information content (AvgIpc) is 3.56. The third-order valence-corrected chi connectivity index (χ3v) is 6.53. The number of carbonyl (C=O) groups excluding carboxylic acids is 2. The van der Waals surface area contributed by atoms with E-state index in [-0.39, 0.29) is 12.1 Å². The van der Waals surface area contributed by atoms with Crippen LogP contribution in [0.2, 0.25) is 0 Å². The van der Waals surface area contributed by atoms with Gasteiger partial charge < -0.3 is 18.9 Å². The lowest BCUT2D eigenvalue weighted by molar-refractivity contribution is -0.150. The van der Waals surface area contributed by atoms with Crippen LogP contribution >= 0.6 is 22.7 Å². The Labute approximate surface area is 220 Å². The van der Waals surface area contributed by atoms with Crippen LogP contribution in [0.25, 0.3) is 0 Å². The number of nitrogens with zero attached hydrogens (tertiary/aromatic N) is 2. The van der Waals surface area contributed by atoms with Crippen LogP contribution in [0, 0.1) is 0 Å². The summed E-state index contributed by atoms with van der Waals surface area (Å²) in [5, 5.41) is 11.1. The predicted octanol–water partition coefficient (Wildman–Crippen LogP) is 3.91. The third-order valence-electron chi connectivity index (χ3n) is 5.21. The minimum absolute atomic E-state index is 0.131. The second-order valence-corrected chi connectivity index (χ2v) is 9.96. The number of hydrogen-bond donors (Lipinski definition) is 2. The van der Waals surface area contributed by atoms with Crippen molar-refractivity contribution in [1.82, 2.24) is 20.6 Å². The molecular formula is C24H36N4O6S2. The summed E-state index contributed by atoms with van der Waals surface area (Å²) in [5.41, 5.74) is 0. The van der Waals surface area contributed by atoms with Crippen LogP contribution < -0.4 is 20.1 Å². The molecule has 0 amide bonds. The fourth-order valence-corrected chi connectivity index (χ4v) is 3.82. The van der Waals surface area contributed by atoms with E-state index in [4.69, 9.17) is 18.9 Å². The Morgan fingerprint density at radius 1 is 0.806 bits per heavy atom. The van der Waals surface area contributed by atoms with Gasteiger partial charge in [0.05, 0.1) is 0 Å². The molecule has 10 nitrogen and oxygen atoms in total. The predicted molar refractivity (Wildman–Crippen MR) is 139 cm³/mol. The maximum atomic E-state index is 12.4. The topological polar surface area (TPSA) is 121 Å². The number of nitrogens with one attached hydrogen (secondary N) is 2. The monoisotopic (exact) mass is 540 g/mol. The SMILES string of the molecule is CCC(C)NC(Oc1nccs1)C(C)OC(=O)/C=C\C(=O)OC(C)C(NC(C)CC)Oc1nccs1. The second-order valence-electron chi connectivity index (χ2n) is 8.24. The fraction of sp³-hybridized carbons (Fsp3) is 0.583. The fourth-order valence-electron chi connectivity index (χ4n) is 2.79. The van der Waals surface area contributed by atoms with Crippen molar-refractivity contribution in [3.63, 3.8) is 0 Å². The van der Waals surface area contributed by atoms with E-state index in [1.54, 1.807) is 37.0 Å². The quantitative estimate of drug-likeness (QED) is 0.184. The molecule has 2 N–H and O–H groups in total. The standard InChI is InChI=1S/C24H36N4O6S2/c1-7-15(3)27-21(33-23-25-11-13-35-23)17(5)31-19(29)9-10-20(30)32-18(6)22(28-16(4)8-2)34-24-26-12-14-36-24/h9-18,21-22,27-28H,7-8H2,1-6H3/b10-9-. The van der Waals surface area contributed by atoms with Crippen molar-refractivity contribution in [3.05, 3.63) is 35.3 Å². The first-order valence-corrected chi connectivity index (χ1v) is 13.7. The maximum Gasteiger partial charge on any atom is 0.331 e. The Morgan fingerprint density at radius 2 is 1.19 bits per heavy atom. The summed E-state index contributed by atoms with van der Waals surface area (Å²) in [4.78, 5) is 33.0. The highest BCUT2D eigenvalue weighted by Crippen LogP contribution is 2.18. The van der Waals surface area contributed by atoms with Gasteiger partial charge in [0.15, 0.2) is 12.5 Å². The van der Waals surface area contributed by atoms with Crippen LogP contribution in [0.5, 0.6) is 10.4 Å². The Kier molecular flexibility index (Phi) is 12.8. The van der Waals surface area contributed by atoms with Crippen LogP contribution in [-0.4, -0.2) is 58.7 Å². The van der Waals surface area contributed by atoms with Crippen molar-refractivity contribution in [3.8, 4) is 10.4 Å². The van der Waals surface area contributed by atoms with E-state index in [2.05, 4.69) is 20.6 Å². The molecule has 0 fully saturated rings. The minimum atomic E-state index is -0.695. The zero-order chi connectivity index (χ0) is 26.5. The Balaban J connectivity index is 1.92. The van der Waals surface area contributed by atoms with Gasteiger partial charge in [-0.15, -0.1) is 0 Å². The van der Waals surface area contributed by atoms with Crippen LogP contribution in [0.3, 0.4) is 0 Å². The van der Waals surface area contributed by atoms with E-state index in [0.29, 0.717) is 10.4 Å². The molecule has 0 aliphatic heterocycles. The Hall–Kier alpha value is -2.54. The Bertz CT molecular complexity index is 851. The van der Waals surface area contributed by atoms with Crippen LogP contribution in [0.15, 0.2) is 35.3 Å². The lowest BCUT2D eigenvalue weighted by atomic mass is 10.2. The highest BCUT2D eigenvalue weighted by Gasteiger charge is 2.26. The molecule has 0 aliphatic rings. The van der Waals surface area contributed by atoms with E-state index in [9.17, 15) is 9.59 Å². The van der Waals surface area contributed by atoms with E-state index < -0.39 is 36.6 Å². The van der Waals surface area contributed by atoms with Crippen molar-refractivity contribution in [2.75, 3.05) is 0 Å². The molecular weight excluding hydrogens is 504 g/mol. The molecule has 6 atom stereocenters. The minimum Gasteiger partial charge on any atom is -0.454 e. The first-order valence-electron chi connectivity index (χ1n) is 11.9. The molecule has 200 valence electrons. The number of aromatic nitrogens is 2. The number of esters is 2. The molecule has 0 spiro atoms. The molecule has 12 heteroatoms. The summed E-state index contributed by atoms with van der Waals surface area (Å²) in [6.45, 7) is 11.5. The molecule has 2 heterocycles.